The number of hydrogen-bond acceptors (Lipinski definition) is 4. The molecule has 1 aliphatic rings. The van der Waals surface area contributed by atoms with Crippen molar-refractivity contribution in [2.45, 2.75) is 32.3 Å². The summed E-state index contributed by atoms with van der Waals surface area (Å²) in [6, 6.07) is 0. The third kappa shape index (κ3) is 6.36. The number of carboxylic acid groups (broad SMARTS) is 1. The molecule has 1 saturated heterocycles. The number of aliphatic carboxylic acids is 1. The molecule has 1 aliphatic heterocycles. The zero-order valence-electron chi connectivity index (χ0n) is 12.5. The van der Waals surface area contributed by atoms with Gasteiger partial charge in [0.1, 0.15) is 0 Å². The maximum atomic E-state index is 11.0. The molecule has 1 N–H and O–H groups in total. The molecule has 0 radical (unpaired) electrons. The third-order valence-electron chi connectivity index (χ3n) is 3.82. The number of ether oxygens (including phenoxy) is 1. The predicted octanol–water partition coefficient (Wildman–Crippen LogP) is 1.14. The second kappa shape index (κ2) is 8.51. The number of nitrogens with zero attached hydrogens (tertiary/aromatic N) is 2. The van der Waals surface area contributed by atoms with Gasteiger partial charge in [0.2, 0.25) is 0 Å². The maximum Gasteiger partial charge on any atom is 0.332 e. The van der Waals surface area contributed by atoms with Gasteiger partial charge in [-0.05, 0) is 59.3 Å². The van der Waals surface area contributed by atoms with Crippen molar-refractivity contribution >= 4 is 5.97 Å². The molecule has 1 atom stereocenters. The lowest BCUT2D eigenvalue weighted by Gasteiger charge is -2.31. The lowest BCUT2D eigenvalue weighted by molar-refractivity contribution is -0.150. The van der Waals surface area contributed by atoms with Crippen molar-refractivity contribution in [1.82, 2.24) is 9.80 Å². The number of piperidine rings is 1. The summed E-state index contributed by atoms with van der Waals surface area (Å²) < 4.78 is 5.22. The second-order valence-electron chi connectivity index (χ2n) is 5.58. The lowest BCUT2D eigenvalue weighted by atomic mass is 9.96. The summed E-state index contributed by atoms with van der Waals surface area (Å²) in [7, 11) is 4.24. The number of carbonyl (C=O) groups is 1. The Hall–Kier alpha value is -0.650. The molecule has 0 amide bonds. The van der Waals surface area contributed by atoms with E-state index in [1.165, 1.54) is 25.9 Å². The molecule has 0 aromatic heterocycles. The summed E-state index contributed by atoms with van der Waals surface area (Å²) >= 11 is 0. The Balaban J connectivity index is 2.22. The Morgan fingerprint density at radius 2 is 2.11 bits per heavy atom. The Morgan fingerprint density at radius 3 is 2.63 bits per heavy atom. The zero-order valence-corrected chi connectivity index (χ0v) is 12.5. The Kier molecular flexibility index (Phi) is 7.34. The quantitative estimate of drug-likeness (QED) is 0.718. The van der Waals surface area contributed by atoms with Crippen LogP contribution in [0.4, 0.5) is 0 Å². The molecule has 1 fully saturated rings. The van der Waals surface area contributed by atoms with Crippen LogP contribution >= 0.6 is 0 Å². The Bertz CT molecular complexity index is 265. The summed E-state index contributed by atoms with van der Waals surface area (Å²) in [6.07, 6.45) is 2.39. The van der Waals surface area contributed by atoms with Crippen LogP contribution in [0.1, 0.15) is 26.2 Å². The highest BCUT2D eigenvalue weighted by Gasteiger charge is 2.20. The van der Waals surface area contributed by atoms with E-state index >= 15 is 0 Å². The van der Waals surface area contributed by atoms with Crippen LogP contribution in [0, 0.1) is 5.92 Å². The maximum absolute atomic E-state index is 11.0. The van der Waals surface area contributed by atoms with Crippen molar-refractivity contribution in [2.75, 3.05) is 46.9 Å². The van der Waals surface area contributed by atoms with Gasteiger partial charge in [-0.15, -0.1) is 0 Å². The average molecular weight is 272 g/mol. The van der Waals surface area contributed by atoms with E-state index in [-0.39, 0.29) is 0 Å². The van der Waals surface area contributed by atoms with Gasteiger partial charge in [0.25, 0.3) is 0 Å². The molecule has 19 heavy (non-hydrogen) atoms. The topological polar surface area (TPSA) is 53.0 Å². The first-order valence-corrected chi connectivity index (χ1v) is 7.24. The molecule has 5 heteroatoms. The van der Waals surface area contributed by atoms with Crippen LogP contribution in [-0.4, -0.2) is 73.9 Å². The van der Waals surface area contributed by atoms with Gasteiger partial charge < -0.3 is 19.6 Å². The standard InChI is InChI=1S/C14H28N2O3/c1-4-19-13(14(17)18)7-10-16(3)11-12-5-8-15(2)9-6-12/h12-13H,4-11H2,1-3H3,(H,17,18). The summed E-state index contributed by atoms with van der Waals surface area (Å²) in [5, 5.41) is 9.02. The van der Waals surface area contributed by atoms with Crippen LogP contribution in [0.2, 0.25) is 0 Å². The minimum absolute atomic E-state index is 0.454. The van der Waals surface area contributed by atoms with Crippen molar-refractivity contribution in [1.29, 1.82) is 0 Å². The molecule has 112 valence electrons. The van der Waals surface area contributed by atoms with Crippen molar-refractivity contribution in [3.8, 4) is 0 Å². The minimum Gasteiger partial charge on any atom is -0.479 e. The molecule has 1 heterocycles. The van der Waals surface area contributed by atoms with Gasteiger partial charge in [0.05, 0.1) is 0 Å². The first kappa shape index (κ1) is 16.4. The van der Waals surface area contributed by atoms with Crippen molar-refractivity contribution in [2.24, 2.45) is 5.92 Å². The summed E-state index contributed by atoms with van der Waals surface area (Å²) in [4.78, 5) is 15.6. The second-order valence-corrected chi connectivity index (χ2v) is 5.58. The highest BCUT2D eigenvalue weighted by molar-refractivity contribution is 5.72. The van der Waals surface area contributed by atoms with E-state index in [4.69, 9.17) is 9.84 Å². The fourth-order valence-electron chi connectivity index (χ4n) is 2.59. The Labute approximate surface area is 116 Å². The minimum atomic E-state index is -0.852. The largest absolute Gasteiger partial charge is 0.479 e. The SMILES string of the molecule is CCOC(CCN(C)CC1CCN(C)CC1)C(=O)O. The van der Waals surface area contributed by atoms with Gasteiger partial charge in [0, 0.05) is 19.7 Å². The van der Waals surface area contributed by atoms with Gasteiger partial charge >= 0.3 is 5.97 Å². The van der Waals surface area contributed by atoms with E-state index in [1.807, 2.05) is 6.92 Å². The van der Waals surface area contributed by atoms with Crippen LogP contribution in [-0.2, 0) is 9.53 Å². The molecule has 0 aromatic rings. The molecule has 1 rings (SSSR count). The molecule has 0 spiro atoms. The van der Waals surface area contributed by atoms with Crippen LogP contribution in [0.15, 0.2) is 0 Å². The molecule has 0 bridgehead atoms. The molecular formula is C14H28N2O3. The lowest BCUT2D eigenvalue weighted by Crippen LogP contribution is -2.37. The number of likely N-dealkylation sites (tertiary alicyclic amines) is 1. The van der Waals surface area contributed by atoms with E-state index in [2.05, 4.69) is 23.9 Å². The van der Waals surface area contributed by atoms with Crippen molar-refractivity contribution in [3.63, 3.8) is 0 Å². The highest BCUT2D eigenvalue weighted by atomic mass is 16.5. The van der Waals surface area contributed by atoms with E-state index < -0.39 is 12.1 Å². The monoisotopic (exact) mass is 272 g/mol. The van der Waals surface area contributed by atoms with Crippen LogP contribution < -0.4 is 0 Å². The molecule has 1 unspecified atom stereocenters. The van der Waals surface area contributed by atoms with Crippen LogP contribution in [0.3, 0.4) is 0 Å². The Morgan fingerprint density at radius 1 is 1.47 bits per heavy atom. The zero-order chi connectivity index (χ0) is 14.3. The molecule has 0 aliphatic carbocycles. The number of carboxylic acids is 1. The van der Waals surface area contributed by atoms with Crippen molar-refractivity contribution in [3.05, 3.63) is 0 Å². The average Bonchev–Trinajstić information content (AvgIpc) is 2.37. The number of hydrogen-bond donors (Lipinski definition) is 1. The third-order valence-corrected chi connectivity index (χ3v) is 3.82. The normalized spacial score (nSPS) is 19.8. The van der Waals surface area contributed by atoms with E-state index in [1.54, 1.807) is 0 Å². The van der Waals surface area contributed by atoms with Gasteiger partial charge in [-0.1, -0.05) is 0 Å². The first-order valence-electron chi connectivity index (χ1n) is 7.24. The molecule has 0 saturated carbocycles. The van der Waals surface area contributed by atoms with Crippen LogP contribution in [0.5, 0.6) is 0 Å². The van der Waals surface area contributed by atoms with Crippen molar-refractivity contribution < 1.29 is 14.6 Å². The fraction of sp³-hybridized carbons (Fsp3) is 0.929. The van der Waals surface area contributed by atoms with E-state index in [0.29, 0.717) is 13.0 Å². The van der Waals surface area contributed by atoms with Gasteiger partial charge in [-0.25, -0.2) is 4.79 Å². The molecular weight excluding hydrogens is 244 g/mol. The van der Waals surface area contributed by atoms with Gasteiger partial charge in [0.15, 0.2) is 6.10 Å². The first-order chi connectivity index (χ1) is 9.02. The van der Waals surface area contributed by atoms with Gasteiger partial charge in [-0.2, -0.15) is 0 Å². The van der Waals surface area contributed by atoms with E-state index in [9.17, 15) is 4.79 Å². The highest BCUT2D eigenvalue weighted by Crippen LogP contribution is 2.17. The molecule has 0 aromatic carbocycles. The number of rotatable bonds is 8. The molecule has 5 nitrogen and oxygen atoms in total. The van der Waals surface area contributed by atoms with Gasteiger partial charge in [-0.3, -0.25) is 0 Å². The van der Waals surface area contributed by atoms with E-state index in [0.717, 1.165) is 19.0 Å². The fourth-order valence-corrected chi connectivity index (χ4v) is 2.59. The summed E-state index contributed by atoms with van der Waals surface area (Å²) in [6.45, 7) is 6.48. The summed E-state index contributed by atoms with van der Waals surface area (Å²) in [5.41, 5.74) is 0. The smallest absolute Gasteiger partial charge is 0.332 e. The predicted molar refractivity (Wildman–Crippen MR) is 75.4 cm³/mol. The van der Waals surface area contributed by atoms with Crippen LogP contribution in [0.25, 0.3) is 0 Å². The summed E-state index contributed by atoms with van der Waals surface area (Å²) in [5.74, 6) is -0.105.